The molecule has 0 saturated heterocycles. The second-order valence-corrected chi connectivity index (χ2v) is 4.92. The first-order valence-electron chi connectivity index (χ1n) is 6.90. The van der Waals surface area contributed by atoms with Crippen molar-refractivity contribution in [3.05, 3.63) is 47.3 Å². The second kappa shape index (κ2) is 6.78. The average molecular weight is 314 g/mol. The highest BCUT2D eigenvalue weighted by atomic mass is 16.5. The van der Waals surface area contributed by atoms with Gasteiger partial charge in [0.2, 0.25) is 0 Å². The fraction of sp³-hybridized carbons (Fsp3) is 0.188. The van der Waals surface area contributed by atoms with Crippen LogP contribution in [0, 0.1) is 13.8 Å². The van der Waals surface area contributed by atoms with Crippen LogP contribution in [0.2, 0.25) is 0 Å². The number of hydrogen-bond donors (Lipinski definition) is 2. The van der Waals surface area contributed by atoms with Gasteiger partial charge in [0.25, 0.3) is 0 Å². The van der Waals surface area contributed by atoms with Gasteiger partial charge in [-0.3, -0.25) is 9.59 Å². The maximum absolute atomic E-state index is 11.1. The number of ether oxygens (including phenoxy) is 1. The lowest BCUT2D eigenvalue weighted by molar-refractivity contribution is -0.137. The molecule has 0 aliphatic heterocycles. The smallest absolute Gasteiger partial charge is 0.329 e. The Morgan fingerprint density at radius 1 is 1.26 bits per heavy atom. The highest BCUT2D eigenvalue weighted by Gasteiger charge is 2.10. The van der Waals surface area contributed by atoms with Crippen molar-refractivity contribution in [2.24, 2.45) is 10.8 Å². The van der Waals surface area contributed by atoms with Crippen LogP contribution in [0.4, 0.5) is 0 Å². The molecule has 2 aromatic rings. The van der Waals surface area contributed by atoms with Crippen LogP contribution in [0.1, 0.15) is 17.0 Å². The van der Waals surface area contributed by atoms with Gasteiger partial charge < -0.3 is 15.0 Å². The molecule has 7 heteroatoms. The summed E-state index contributed by atoms with van der Waals surface area (Å²) in [6.07, 6.45) is 1.48. The third kappa shape index (κ3) is 3.57. The largest absolute Gasteiger partial charge is 0.497 e. The van der Waals surface area contributed by atoms with E-state index >= 15 is 0 Å². The zero-order valence-electron chi connectivity index (χ0n) is 13.2. The molecule has 0 radical (unpaired) electrons. The Labute approximate surface area is 133 Å². The minimum atomic E-state index is -1.08. The summed E-state index contributed by atoms with van der Waals surface area (Å²) >= 11 is 0. The summed E-state index contributed by atoms with van der Waals surface area (Å²) in [5.74, 6) is -1.25. The number of nitrogens with zero attached hydrogens (tertiary/aromatic N) is 2. The van der Waals surface area contributed by atoms with E-state index in [-0.39, 0.29) is 0 Å². The Morgan fingerprint density at radius 2 is 1.91 bits per heavy atom. The number of carbonyl (C=O) groups excluding carboxylic acids is 2. The summed E-state index contributed by atoms with van der Waals surface area (Å²) in [5.41, 5.74) is 10.7. The first-order valence-corrected chi connectivity index (χ1v) is 6.90. The molecule has 0 aliphatic carbocycles. The number of benzene rings is 1. The van der Waals surface area contributed by atoms with E-state index in [1.807, 2.05) is 44.2 Å². The predicted octanol–water partition coefficient (Wildman–Crippen LogP) is 1.04. The Morgan fingerprint density at radius 3 is 2.48 bits per heavy atom. The van der Waals surface area contributed by atoms with Crippen molar-refractivity contribution in [3.63, 3.8) is 0 Å². The number of hydrogen-bond acceptors (Lipinski definition) is 4. The molecule has 0 fully saturated rings. The summed E-state index contributed by atoms with van der Waals surface area (Å²) in [6.45, 7) is 3.91. The molecule has 1 aromatic heterocycles. The Bertz CT molecular complexity index is 760. The molecule has 120 valence electrons. The number of amides is 2. The Balaban J connectivity index is 2.26. The van der Waals surface area contributed by atoms with Crippen LogP contribution in [0.15, 0.2) is 35.4 Å². The molecule has 0 unspecified atom stereocenters. The molecule has 1 aromatic carbocycles. The molecule has 0 bridgehead atoms. The van der Waals surface area contributed by atoms with E-state index in [2.05, 4.69) is 15.1 Å². The van der Waals surface area contributed by atoms with Crippen molar-refractivity contribution >= 4 is 18.0 Å². The van der Waals surface area contributed by atoms with Crippen LogP contribution >= 0.6 is 0 Å². The molecular weight excluding hydrogens is 296 g/mol. The monoisotopic (exact) mass is 314 g/mol. The summed E-state index contributed by atoms with van der Waals surface area (Å²) in [7, 11) is 1.62. The molecule has 0 atom stereocenters. The minimum Gasteiger partial charge on any atom is -0.497 e. The SMILES string of the molecule is COc1ccc(-n2c(C)cc(/C=N\NC(=O)C(N)=O)c2C)cc1. The van der Waals surface area contributed by atoms with E-state index in [1.165, 1.54) is 6.21 Å². The second-order valence-electron chi connectivity index (χ2n) is 4.92. The van der Waals surface area contributed by atoms with Gasteiger partial charge in [0.05, 0.1) is 13.3 Å². The Hall–Kier alpha value is -3.09. The summed E-state index contributed by atoms with van der Waals surface area (Å²) < 4.78 is 7.21. The first-order chi connectivity index (χ1) is 10.9. The lowest BCUT2D eigenvalue weighted by atomic mass is 10.2. The number of nitrogens with one attached hydrogen (secondary N) is 1. The predicted molar refractivity (Wildman–Crippen MR) is 86.7 cm³/mol. The van der Waals surface area contributed by atoms with Gasteiger partial charge in [-0.05, 0) is 44.2 Å². The standard InChI is InChI=1S/C16H18N4O3/c1-10-8-12(9-18-19-16(22)15(17)21)11(2)20(10)13-4-6-14(23-3)7-5-13/h4-9H,1-3H3,(H2,17,21)(H,19,22)/b18-9-. The normalized spacial score (nSPS) is 10.7. The van der Waals surface area contributed by atoms with E-state index in [9.17, 15) is 9.59 Å². The quantitative estimate of drug-likeness (QED) is 0.501. The van der Waals surface area contributed by atoms with Crippen LogP contribution in [0.3, 0.4) is 0 Å². The molecule has 0 saturated carbocycles. The molecule has 3 N–H and O–H groups in total. The summed E-state index contributed by atoms with van der Waals surface area (Å²) in [4.78, 5) is 21.7. The van der Waals surface area contributed by atoms with E-state index in [0.29, 0.717) is 0 Å². The van der Waals surface area contributed by atoms with E-state index in [4.69, 9.17) is 10.5 Å². The molecule has 2 amide bonds. The van der Waals surface area contributed by atoms with Gasteiger partial charge in [0.15, 0.2) is 0 Å². The van der Waals surface area contributed by atoms with Crippen molar-refractivity contribution < 1.29 is 14.3 Å². The molecule has 0 aliphatic rings. The van der Waals surface area contributed by atoms with Gasteiger partial charge in [-0.25, -0.2) is 5.43 Å². The van der Waals surface area contributed by atoms with Gasteiger partial charge >= 0.3 is 11.8 Å². The first kappa shape index (κ1) is 16.3. The third-order valence-corrected chi connectivity index (χ3v) is 3.39. The number of rotatable bonds is 4. The van der Waals surface area contributed by atoms with Gasteiger partial charge in [0, 0.05) is 22.6 Å². The molecule has 1 heterocycles. The fourth-order valence-corrected chi connectivity index (χ4v) is 2.26. The molecular formula is C16H18N4O3. The lowest BCUT2D eigenvalue weighted by Gasteiger charge is -2.10. The van der Waals surface area contributed by atoms with Crippen molar-refractivity contribution in [2.45, 2.75) is 13.8 Å². The van der Waals surface area contributed by atoms with Crippen molar-refractivity contribution in [2.75, 3.05) is 7.11 Å². The van der Waals surface area contributed by atoms with Crippen LogP contribution in [0.25, 0.3) is 5.69 Å². The summed E-state index contributed by atoms with van der Waals surface area (Å²) in [5, 5.41) is 3.74. The lowest BCUT2D eigenvalue weighted by Crippen LogP contribution is -2.32. The third-order valence-electron chi connectivity index (χ3n) is 3.39. The number of carbonyl (C=O) groups is 2. The van der Waals surface area contributed by atoms with Crippen LogP contribution in [-0.2, 0) is 9.59 Å². The van der Waals surface area contributed by atoms with E-state index < -0.39 is 11.8 Å². The highest BCUT2D eigenvalue weighted by Crippen LogP contribution is 2.21. The van der Waals surface area contributed by atoms with Crippen molar-refractivity contribution in [3.8, 4) is 11.4 Å². The van der Waals surface area contributed by atoms with Crippen molar-refractivity contribution in [1.82, 2.24) is 9.99 Å². The number of hydrazone groups is 1. The molecule has 0 spiro atoms. The van der Waals surface area contributed by atoms with Crippen LogP contribution in [-0.4, -0.2) is 29.7 Å². The zero-order chi connectivity index (χ0) is 17.0. The topological polar surface area (TPSA) is 98.7 Å². The minimum absolute atomic E-state index is 0.784. The van der Waals surface area contributed by atoms with Crippen LogP contribution < -0.4 is 15.9 Å². The maximum atomic E-state index is 11.1. The molecule has 7 nitrogen and oxygen atoms in total. The number of aryl methyl sites for hydroxylation is 1. The number of aromatic nitrogens is 1. The van der Waals surface area contributed by atoms with E-state index in [0.717, 1.165) is 28.4 Å². The van der Waals surface area contributed by atoms with E-state index in [1.54, 1.807) is 7.11 Å². The maximum Gasteiger partial charge on any atom is 0.329 e. The summed E-state index contributed by atoms with van der Waals surface area (Å²) in [6, 6.07) is 9.60. The number of primary amides is 1. The van der Waals surface area contributed by atoms with Gasteiger partial charge in [-0.1, -0.05) is 0 Å². The van der Waals surface area contributed by atoms with Crippen molar-refractivity contribution in [1.29, 1.82) is 0 Å². The molecule has 23 heavy (non-hydrogen) atoms. The number of methoxy groups -OCH3 is 1. The highest BCUT2D eigenvalue weighted by molar-refractivity contribution is 6.34. The average Bonchev–Trinajstić information content (AvgIpc) is 2.81. The number of nitrogens with two attached hydrogens (primary N) is 1. The molecule has 2 rings (SSSR count). The van der Waals surface area contributed by atoms with Gasteiger partial charge in [0.1, 0.15) is 5.75 Å². The van der Waals surface area contributed by atoms with Gasteiger partial charge in [-0.15, -0.1) is 0 Å². The Kier molecular flexibility index (Phi) is 4.80. The van der Waals surface area contributed by atoms with Gasteiger partial charge in [-0.2, -0.15) is 5.10 Å². The van der Waals surface area contributed by atoms with Crippen LogP contribution in [0.5, 0.6) is 5.75 Å². The zero-order valence-corrected chi connectivity index (χ0v) is 13.2. The fourth-order valence-electron chi connectivity index (χ4n) is 2.26.